The third kappa shape index (κ3) is 9.06. The van der Waals surface area contributed by atoms with Crippen LogP contribution in [0.25, 0.3) is 0 Å². The monoisotopic (exact) mass is 630 g/mol. The van der Waals surface area contributed by atoms with Crippen LogP contribution < -0.4 is 5.32 Å². The summed E-state index contributed by atoms with van der Waals surface area (Å²) in [7, 11) is 0. The highest BCUT2D eigenvalue weighted by Gasteiger charge is 2.60. The fourth-order valence-corrected chi connectivity index (χ4v) is 6.01. The summed E-state index contributed by atoms with van der Waals surface area (Å²) in [6.07, 6.45) is -1.52. The summed E-state index contributed by atoms with van der Waals surface area (Å²) in [5.74, 6) is -0.525. The van der Waals surface area contributed by atoms with Crippen molar-refractivity contribution in [1.82, 2.24) is 10.2 Å². The Morgan fingerprint density at radius 2 is 1.86 bits per heavy atom. The van der Waals surface area contributed by atoms with Gasteiger partial charge < -0.3 is 39.0 Å². The lowest BCUT2D eigenvalue weighted by Crippen LogP contribution is -2.53. The molecule has 2 amide bonds. The Hall–Kier alpha value is -2.45. The first-order chi connectivity index (χ1) is 20.6. The maximum Gasteiger partial charge on any atom is 0.416 e. The Bertz CT molecular complexity index is 1110. The van der Waals surface area contributed by atoms with Crippen molar-refractivity contribution >= 4 is 12.0 Å². The van der Waals surface area contributed by atoms with Gasteiger partial charge in [0.05, 0.1) is 49.2 Å². The van der Waals surface area contributed by atoms with Gasteiger partial charge in [0.2, 0.25) is 5.91 Å². The van der Waals surface area contributed by atoms with E-state index < -0.39 is 59.6 Å². The van der Waals surface area contributed by atoms with Crippen LogP contribution in [0.1, 0.15) is 53.9 Å². The number of allylic oxidation sites excluding steroid dienone is 2. The van der Waals surface area contributed by atoms with Crippen molar-refractivity contribution in [3.05, 3.63) is 36.0 Å². The van der Waals surface area contributed by atoms with Gasteiger partial charge in [0.25, 0.3) is 0 Å². The number of ether oxygens (including phenoxy) is 5. The maximum atomic E-state index is 13.9. The number of aliphatic hydroxyl groups excluding tert-OH is 1. The summed E-state index contributed by atoms with van der Waals surface area (Å²) in [5, 5.41) is 13.5. The van der Waals surface area contributed by atoms with Gasteiger partial charge >= 0.3 is 12.3 Å². The fourth-order valence-electron chi connectivity index (χ4n) is 6.01. The molecule has 1 spiro atoms. The van der Waals surface area contributed by atoms with Crippen LogP contribution in [0.15, 0.2) is 36.0 Å². The molecule has 2 N–H and O–H groups in total. The highest BCUT2D eigenvalue weighted by Crippen LogP contribution is 2.46. The molecule has 0 radical (unpaired) electrons. The summed E-state index contributed by atoms with van der Waals surface area (Å²) in [6.45, 7) is 11.1. The molecule has 0 aliphatic carbocycles. The van der Waals surface area contributed by atoms with E-state index >= 15 is 0 Å². The Morgan fingerprint density at radius 1 is 1.18 bits per heavy atom. The van der Waals surface area contributed by atoms with Crippen LogP contribution in [0.4, 0.5) is 18.0 Å². The van der Waals surface area contributed by atoms with Crippen LogP contribution in [0.2, 0.25) is 0 Å². The minimum atomic E-state index is -4.61. The lowest BCUT2D eigenvalue weighted by molar-refractivity contribution is -0.171. The number of halogens is 3. The van der Waals surface area contributed by atoms with Crippen molar-refractivity contribution in [2.45, 2.75) is 108 Å². The summed E-state index contributed by atoms with van der Waals surface area (Å²) in [5.41, 5.74) is -2.27. The second-order valence-electron chi connectivity index (χ2n) is 12.8. The molecule has 0 saturated carbocycles. The number of nitrogens with one attached hydrogen (secondary N) is 1. The highest BCUT2D eigenvalue weighted by atomic mass is 19.4. The zero-order chi connectivity index (χ0) is 32.3. The molecule has 4 rings (SSSR count). The quantitative estimate of drug-likeness (QED) is 0.236. The Labute approximate surface area is 256 Å². The number of epoxide rings is 1. The molecular formula is C31H45F3N2O8. The van der Waals surface area contributed by atoms with Gasteiger partial charge in [0.15, 0.2) is 0 Å². The number of alkyl halides is 3. The molecular weight excluding hydrogens is 585 g/mol. The van der Waals surface area contributed by atoms with E-state index in [1.807, 2.05) is 20.8 Å². The predicted molar refractivity (Wildman–Crippen MR) is 154 cm³/mol. The lowest BCUT2D eigenvalue weighted by Gasteiger charge is -2.41. The highest BCUT2D eigenvalue weighted by molar-refractivity contribution is 5.87. The van der Waals surface area contributed by atoms with Gasteiger partial charge in [0.1, 0.15) is 23.9 Å². The summed E-state index contributed by atoms with van der Waals surface area (Å²) >= 11 is 0. The largest absolute Gasteiger partial charge is 0.442 e. The molecule has 0 aromatic rings. The third-order valence-corrected chi connectivity index (χ3v) is 8.53. The smallest absolute Gasteiger partial charge is 0.416 e. The molecule has 4 aliphatic rings. The molecule has 44 heavy (non-hydrogen) atoms. The van der Waals surface area contributed by atoms with E-state index in [1.54, 1.807) is 18.7 Å². The third-order valence-electron chi connectivity index (χ3n) is 8.53. The number of hydrogen-bond donors (Lipinski definition) is 2. The van der Waals surface area contributed by atoms with Crippen LogP contribution in [-0.4, -0.2) is 109 Å². The van der Waals surface area contributed by atoms with Gasteiger partial charge in [-0.05, 0) is 52.5 Å². The van der Waals surface area contributed by atoms with Crippen molar-refractivity contribution < 1.29 is 51.6 Å². The van der Waals surface area contributed by atoms with Gasteiger partial charge in [-0.1, -0.05) is 25.2 Å². The van der Waals surface area contributed by atoms with E-state index in [2.05, 4.69) is 5.32 Å². The Balaban J connectivity index is 1.29. The molecule has 10 nitrogen and oxygen atoms in total. The summed E-state index contributed by atoms with van der Waals surface area (Å²) in [4.78, 5) is 26.3. The minimum absolute atomic E-state index is 0.0178. The summed E-state index contributed by atoms with van der Waals surface area (Å²) < 4.78 is 69.8. The molecule has 0 aromatic carbocycles. The molecule has 4 fully saturated rings. The van der Waals surface area contributed by atoms with Crippen molar-refractivity contribution in [2.24, 2.45) is 5.92 Å². The first-order valence-electron chi connectivity index (χ1n) is 15.2. The number of rotatable bonds is 8. The zero-order valence-corrected chi connectivity index (χ0v) is 26.0. The van der Waals surface area contributed by atoms with E-state index in [1.165, 1.54) is 18.2 Å². The average Bonchev–Trinajstić information content (AvgIpc) is 3.71. The fraction of sp³-hybridized carbons (Fsp3) is 0.742. The predicted octanol–water partition coefficient (Wildman–Crippen LogP) is 3.83. The summed E-state index contributed by atoms with van der Waals surface area (Å²) in [6, 6.07) is -0.346. The van der Waals surface area contributed by atoms with Crippen molar-refractivity contribution in [3.63, 3.8) is 0 Å². The number of nitrogens with zero attached hydrogens (tertiary/aromatic N) is 1. The normalized spacial score (nSPS) is 35.2. The van der Waals surface area contributed by atoms with Gasteiger partial charge in [-0.3, -0.25) is 4.79 Å². The molecule has 248 valence electrons. The van der Waals surface area contributed by atoms with Crippen molar-refractivity contribution in [3.8, 4) is 0 Å². The van der Waals surface area contributed by atoms with Gasteiger partial charge in [-0.15, -0.1) is 0 Å². The van der Waals surface area contributed by atoms with Gasteiger partial charge in [-0.25, -0.2) is 4.79 Å². The van der Waals surface area contributed by atoms with Gasteiger partial charge in [0, 0.05) is 25.6 Å². The van der Waals surface area contributed by atoms with E-state index in [0.29, 0.717) is 45.8 Å². The minimum Gasteiger partial charge on any atom is -0.442 e. The molecule has 4 saturated heterocycles. The number of morpholine rings is 1. The zero-order valence-electron chi connectivity index (χ0n) is 26.0. The Kier molecular flexibility index (Phi) is 10.9. The molecule has 4 aliphatic heterocycles. The van der Waals surface area contributed by atoms with Crippen LogP contribution in [0.3, 0.4) is 0 Å². The van der Waals surface area contributed by atoms with Crippen molar-refractivity contribution in [1.29, 1.82) is 0 Å². The van der Waals surface area contributed by atoms with E-state index in [-0.39, 0.29) is 24.3 Å². The molecule has 13 heteroatoms. The lowest BCUT2D eigenvalue weighted by atomic mass is 9.83. The molecule has 1 unspecified atom stereocenters. The van der Waals surface area contributed by atoms with E-state index in [9.17, 15) is 27.9 Å². The molecule has 8 atom stereocenters. The first-order valence-corrected chi connectivity index (χ1v) is 15.2. The van der Waals surface area contributed by atoms with Crippen LogP contribution in [0, 0.1) is 5.92 Å². The topological polar surface area (TPSA) is 119 Å². The second-order valence-corrected chi connectivity index (χ2v) is 12.8. The molecule has 0 bridgehead atoms. The molecule has 0 aromatic heterocycles. The van der Waals surface area contributed by atoms with E-state index in [0.717, 1.165) is 12.2 Å². The van der Waals surface area contributed by atoms with Gasteiger partial charge in [-0.2, -0.15) is 13.2 Å². The van der Waals surface area contributed by atoms with Crippen LogP contribution >= 0.6 is 0 Å². The average molecular weight is 631 g/mol. The first kappa shape index (κ1) is 34.4. The SMILES string of the molecule is C[C@@H](/C=C\C(=O)NC1C[C@H](C)[C@H](C/C=C(/C=C/[C@H]2OC(C)(C)C[C@@]3(CO3)[C@@H]2O)C(F)(F)F)O[C@@H]1C)OC(=O)N1CCOCC1. The van der Waals surface area contributed by atoms with E-state index in [4.69, 9.17) is 23.7 Å². The number of amides is 2. The van der Waals surface area contributed by atoms with Crippen LogP contribution in [-0.2, 0) is 28.5 Å². The number of carbonyl (C=O) groups is 2. The standard InChI is InChI=1S/C31H45F3N2O8/c1-19-16-23(35-26(37)11-6-20(2)42-28(39)36-12-14-40-15-13-36)21(3)43-24(19)9-7-22(31(32,33)34)8-10-25-27(38)30(18-41-30)17-29(4,5)44-25/h6-8,10-11,19-21,23-25,27,38H,9,12-18H2,1-5H3,(H,35,37)/b10-8+,11-6-,22-7-/t19-,20-,21+,23?,24-,25+,27+,30+/m0/s1. The van der Waals surface area contributed by atoms with Crippen LogP contribution in [0.5, 0.6) is 0 Å². The number of carbonyl (C=O) groups excluding carboxylic acids is 2. The number of aliphatic hydroxyl groups is 1. The Morgan fingerprint density at radius 3 is 2.50 bits per heavy atom. The maximum absolute atomic E-state index is 13.9. The second kappa shape index (κ2) is 13.9. The molecule has 4 heterocycles. The van der Waals surface area contributed by atoms with Crippen molar-refractivity contribution in [2.75, 3.05) is 32.9 Å². The number of hydrogen-bond acceptors (Lipinski definition) is 8.